The zero-order chi connectivity index (χ0) is 11.8. The summed E-state index contributed by atoms with van der Waals surface area (Å²) in [5.41, 5.74) is 0. The number of amides is 2. The Hall–Kier alpha value is -1.26. The lowest BCUT2D eigenvalue weighted by Crippen LogP contribution is -2.47. The maximum absolute atomic E-state index is 11.3. The number of rotatable bonds is 4. The molecule has 1 fully saturated rings. The van der Waals surface area contributed by atoms with Crippen molar-refractivity contribution in [3.8, 4) is 0 Å². The van der Waals surface area contributed by atoms with Gasteiger partial charge in [0, 0.05) is 6.42 Å². The number of hydrogen-bond donors (Lipinski definition) is 2. The first-order valence-electron chi connectivity index (χ1n) is 5.95. The van der Waals surface area contributed by atoms with Gasteiger partial charge in [0.15, 0.2) is 0 Å². The molecule has 0 aromatic carbocycles. The predicted octanol–water partition coefficient (Wildman–Crippen LogP) is 1.53. The van der Waals surface area contributed by atoms with Gasteiger partial charge in [0.2, 0.25) is 5.91 Å². The van der Waals surface area contributed by atoms with Crippen LogP contribution >= 0.6 is 0 Å². The lowest BCUT2D eigenvalue weighted by Gasteiger charge is -2.17. The number of hydrogen-bond acceptors (Lipinski definition) is 3. The van der Waals surface area contributed by atoms with Crippen LogP contribution in [0.4, 0.5) is 4.79 Å². The Morgan fingerprint density at radius 1 is 1.56 bits per heavy atom. The molecule has 16 heavy (non-hydrogen) atoms. The molecule has 0 bridgehead atoms. The Bertz CT molecular complexity index is 243. The molecular weight excluding hydrogens is 208 g/mol. The van der Waals surface area contributed by atoms with Crippen LogP contribution in [-0.2, 0) is 9.53 Å². The molecule has 1 atom stereocenters. The van der Waals surface area contributed by atoms with Crippen LogP contribution in [0, 0.1) is 0 Å². The van der Waals surface area contributed by atoms with Crippen LogP contribution in [0.15, 0.2) is 0 Å². The molecule has 1 aliphatic heterocycles. The number of nitrogens with one attached hydrogen (secondary N) is 2. The molecule has 1 heterocycles. The van der Waals surface area contributed by atoms with E-state index in [0.29, 0.717) is 13.0 Å². The molecule has 0 saturated carbocycles. The smallest absolute Gasteiger partial charge is 0.408 e. The zero-order valence-electron chi connectivity index (χ0n) is 9.75. The van der Waals surface area contributed by atoms with Gasteiger partial charge in [-0.15, -0.1) is 0 Å². The quantitative estimate of drug-likeness (QED) is 0.717. The van der Waals surface area contributed by atoms with Crippen molar-refractivity contribution >= 4 is 12.0 Å². The van der Waals surface area contributed by atoms with Crippen molar-refractivity contribution in [2.24, 2.45) is 0 Å². The number of alkyl carbamates (subject to hydrolysis) is 1. The van der Waals surface area contributed by atoms with Crippen molar-refractivity contribution in [2.75, 3.05) is 6.61 Å². The lowest BCUT2D eigenvalue weighted by molar-refractivity contribution is -0.121. The lowest BCUT2D eigenvalue weighted by atomic mass is 10.2. The highest BCUT2D eigenvalue weighted by molar-refractivity contribution is 5.77. The van der Waals surface area contributed by atoms with Crippen molar-refractivity contribution in [1.29, 1.82) is 0 Å². The van der Waals surface area contributed by atoms with E-state index in [1.807, 2.05) is 6.92 Å². The maximum atomic E-state index is 11.3. The van der Waals surface area contributed by atoms with E-state index >= 15 is 0 Å². The predicted molar refractivity (Wildman–Crippen MR) is 59.8 cm³/mol. The SMILES string of the molecule is CCCCOC(=O)NC1CCCCC(=O)N1. The third kappa shape index (κ3) is 5.00. The van der Waals surface area contributed by atoms with Crippen LogP contribution in [0.1, 0.15) is 45.4 Å². The summed E-state index contributed by atoms with van der Waals surface area (Å²) in [6, 6.07) is 0. The van der Waals surface area contributed by atoms with Crippen LogP contribution in [0.2, 0.25) is 0 Å². The molecule has 92 valence electrons. The Morgan fingerprint density at radius 2 is 2.38 bits per heavy atom. The topological polar surface area (TPSA) is 67.4 Å². The summed E-state index contributed by atoms with van der Waals surface area (Å²) in [7, 11) is 0. The first-order chi connectivity index (χ1) is 7.72. The molecule has 5 heteroatoms. The molecule has 5 nitrogen and oxygen atoms in total. The summed E-state index contributed by atoms with van der Waals surface area (Å²) < 4.78 is 4.96. The average Bonchev–Trinajstić information content (AvgIpc) is 2.43. The first-order valence-corrected chi connectivity index (χ1v) is 5.95. The maximum Gasteiger partial charge on any atom is 0.408 e. The van der Waals surface area contributed by atoms with Gasteiger partial charge < -0.3 is 15.4 Å². The Balaban J connectivity index is 2.23. The van der Waals surface area contributed by atoms with Gasteiger partial charge in [-0.1, -0.05) is 13.3 Å². The Labute approximate surface area is 95.9 Å². The summed E-state index contributed by atoms with van der Waals surface area (Å²) in [5.74, 6) is -0.00337. The average molecular weight is 228 g/mol. The van der Waals surface area contributed by atoms with Crippen LogP contribution in [0.25, 0.3) is 0 Å². The highest BCUT2D eigenvalue weighted by atomic mass is 16.5. The molecule has 1 saturated heterocycles. The number of carbonyl (C=O) groups is 2. The van der Waals surface area contributed by atoms with Crippen molar-refractivity contribution in [3.05, 3.63) is 0 Å². The second kappa shape index (κ2) is 7.09. The van der Waals surface area contributed by atoms with E-state index in [0.717, 1.165) is 32.1 Å². The van der Waals surface area contributed by atoms with Gasteiger partial charge >= 0.3 is 6.09 Å². The standard InChI is InChI=1S/C11H20N2O3/c1-2-3-8-16-11(15)13-9-6-4-5-7-10(14)12-9/h9H,2-8H2,1H3,(H,12,14)(H,13,15). The van der Waals surface area contributed by atoms with Crippen molar-refractivity contribution in [2.45, 2.75) is 51.6 Å². The van der Waals surface area contributed by atoms with E-state index < -0.39 is 6.09 Å². The van der Waals surface area contributed by atoms with E-state index in [2.05, 4.69) is 10.6 Å². The summed E-state index contributed by atoms with van der Waals surface area (Å²) >= 11 is 0. The second-order valence-corrected chi connectivity index (χ2v) is 4.00. The molecule has 0 spiro atoms. The summed E-state index contributed by atoms with van der Waals surface area (Å²) in [5, 5.41) is 5.40. The fourth-order valence-corrected chi connectivity index (χ4v) is 1.57. The molecular formula is C11H20N2O3. The number of unbranched alkanes of at least 4 members (excludes halogenated alkanes) is 1. The third-order valence-corrected chi connectivity index (χ3v) is 2.50. The van der Waals surface area contributed by atoms with Crippen LogP contribution in [0.5, 0.6) is 0 Å². The fourth-order valence-electron chi connectivity index (χ4n) is 1.57. The molecule has 2 N–H and O–H groups in total. The van der Waals surface area contributed by atoms with E-state index in [1.165, 1.54) is 0 Å². The van der Waals surface area contributed by atoms with Crippen molar-refractivity contribution in [3.63, 3.8) is 0 Å². The largest absolute Gasteiger partial charge is 0.450 e. The van der Waals surface area contributed by atoms with Crippen LogP contribution < -0.4 is 10.6 Å². The van der Waals surface area contributed by atoms with Gasteiger partial charge in [-0.3, -0.25) is 4.79 Å². The van der Waals surface area contributed by atoms with Gasteiger partial charge in [0.05, 0.1) is 6.61 Å². The highest BCUT2D eigenvalue weighted by Gasteiger charge is 2.18. The normalized spacial score (nSPS) is 20.8. The molecule has 0 aliphatic carbocycles. The monoisotopic (exact) mass is 228 g/mol. The molecule has 1 rings (SSSR count). The molecule has 1 unspecified atom stereocenters. The van der Waals surface area contributed by atoms with Gasteiger partial charge in [-0.25, -0.2) is 4.79 Å². The van der Waals surface area contributed by atoms with E-state index in [1.54, 1.807) is 0 Å². The Kier molecular flexibility index (Phi) is 5.67. The molecule has 2 amide bonds. The van der Waals surface area contributed by atoms with Crippen LogP contribution in [0.3, 0.4) is 0 Å². The van der Waals surface area contributed by atoms with Crippen molar-refractivity contribution < 1.29 is 14.3 Å². The Morgan fingerprint density at radius 3 is 3.12 bits per heavy atom. The van der Waals surface area contributed by atoms with Gasteiger partial charge in [-0.2, -0.15) is 0 Å². The molecule has 0 radical (unpaired) electrons. The highest BCUT2D eigenvalue weighted by Crippen LogP contribution is 2.07. The van der Waals surface area contributed by atoms with Gasteiger partial charge in [0.25, 0.3) is 0 Å². The molecule has 1 aliphatic rings. The summed E-state index contributed by atoms with van der Waals surface area (Å²) in [4.78, 5) is 22.6. The fraction of sp³-hybridized carbons (Fsp3) is 0.818. The van der Waals surface area contributed by atoms with E-state index in [-0.39, 0.29) is 12.1 Å². The van der Waals surface area contributed by atoms with Crippen LogP contribution in [-0.4, -0.2) is 24.8 Å². The van der Waals surface area contributed by atoms with E-state index in [9.17, 15) is 9.59 Å². The molecule has 0 aromatic rings. The number of ether oxygens (including phenoxy) is 1. The number of carbonyl (C=O) groups excluding carboxylic acids is 2. The summed E-state index contributed by atoms with van der Waals surface area (Å²) in [6.45, 7) is 2.47. The second-order valence-electron chi connectivity index (χ2n) is 4.00. The first kappa shape index (κ1) is 12.8. The minimum absolute atomic E-state index is 0.00337. The minimum Gasteiger partial charge on any atom is -0.450 e. The van der Waals surface area contributed by atoms with Gasteiger partial charge in [-0.05, 0) is 25.7 Å². The van der Waals surface area contributed by atoms with Crippen molar-refractivity contribution in [1.82, 2.24) is 10.6 Å². The summed E-state index contributed by atoms with van der Waals surface area (Å²) in [6.07, 6.45) is 4.29. The van der Waals surface area contributed by atoms with Gasteiger partial charge in [0.1, 0.15) is 6.17 Å². The molecule has 0 aromatic heterocycles. The third-order valence-electron chi connectivity index (χ3n) is 2.50. The minimum atomic E-state index is -0.444. The van der Waals surface area contributed by atoms with E-state index in [4.69, 9.17) is 4.74 Å². The zero-order valence-corrected chi connectivity index (χ0v) is 9.75.